The second-order valence-corrected chi connectivity index (χ2v) is 12.4. The molecule has 0 radical (unpaired) electrons. The van der Waals surface area contributed by atoms with Gasteiger partial charge >= 0.3 is 0 Å². The molecule has 9 rings (SSSR count). The van der Waals surface area contributed by atoms with E-state index >= 15 is 0 Å². The zero-order valence-corrected chi connectivity index (χ0v) is 28.0. The van der Waals surface area contributed by atoms with Crippen molar-refractivity contribution in [3.05, 3.63) is 183 Å². The molecule has 0 N–H and O–H groups in total. The van der Waals surface area contributed by atoms with Crippen LogP contribution < -0.4 is 0 Å². The highest BCUT2D eigenvalue weighted by Crippen LogP contribution is 2.40. The number of aromatic nitrogens is 6. The summed E-state index contributed by atoms with van der Waals surface area (Å²) in [4.78, 5) is 28.2. The molecular formula is C46H30N6. The molecule has 0 aliphatic carbocycles. The third-order valence-electron chi connectivity index (χ3n) is 9.14. The summed E-state index contributed by atoms with van der Waals surface area (Å²) in [5.74, 6) is 0. The smallest absolute Gasteiger partial charge is 0.0900 e. The lowest BCUT2D eigenvalue weighted by molar-refractivity contribution is 1.22. The summed E-state index contributed by atoms with van der Waals surface area (Å²) in [6.45, 7) is 0. The van der Waals surface area contributed by atoms with Crippen molar-refractivity contribution in [1.82, 2.24) is 29.9 Å². The van der Waals surface area contributed by atoms with Gasteiger partial charge in [0.1, 0.15) is 0 Å². The molecule has 0 amide bonds. The predicted molar refractivity (Wildman–Crippen MR) is 209 cm³/mol. The molecule has 0 atom stereocenters. The second-order valence-electron chi connectivity index (χ2n) is 12.4. The Bertz CT molecular complexity index is 2590. The van der Waals surface area contributed by atoms with Crippen LogP contribution in [0, 0.1) is 0 Å². The minimum atomic E-state index is 0.794. The van der Waals surface area contributed by atoms with Crippen LogP contribution in [0.3, 0.4) is 0 Å². The first kappa shape index (κ1) is 30.8. The fraction of sp³-hybridized carbons (Fsp3) is 0. The molecule has 0 aliphatic rings. The number of fused-ring (bicyclic) bond motifs is 1. The Morgan fingerprint density at radius 3 is 1.21 bits per heavy atom. The van der Waals surface area contributed by atoms with E-state index in [9.17, 15) is 0 Å². The molecular weight excluding hydrogens is 637 g/mol. The lowest BCUT2D eigenvalue weighted by Crippen LogP contribution is -1.95. The van der Waals surface area contributed by atoms with E-state index in [2.05, 4.69) is 87.7 Å². The van der Waals surface area contributed by atoms with E-state index in [1.165, 1.54) is 0 Å². The average molecular weight is 667 g/mol. The van der Waals surface area contributed by atoms with Gasteiger partial charge < -0.3 is 0 Å². The van der Waals surface area contributed by atoms with Gasteiger partial charge in [-0.1, -0.05) is 66.7 Å². The second kappa shape index (κ2) is 13.6. The van der Waals surface area contributed by atoms with Crippen LogP contribution in [0.5, 0.6) is 0 Å². The third-order valence-corrected chi connectivity index (χ3v) is 9.14. The maximum Gasteiger partial charge on any atom is 0.0900 e. The van der Waals surface area contributed by atoms with Crippen molar-refractivity contribution in [2.45, 2.75) is 0 Å². The molecule has 0 saturated heterocycles. The molecule has 6 heterocycles. The van der Waals surface area contributed by atoms with Crippen molar-refractivity contribution in [2.24, 2.45) is 0 Å². The van der Waals surface area contributed by atoms with Gasteiger partial charge in [-0.05, 0) is 124 Å². The van der Waals surface area contributed by atoms with Gasteiger partial charge in [-0.2, -0.15) is 0 Å². The molecule has 244 valence electrons. The molecule has 0 unspecified atom stereocenters. The number of hydrogen-bond acceptors (Lipinski definition) is 6. The van der Waals surface area contributed by atoms with Crippen LogP contribution >= 0.6 is 0 Å². The summed E-state index contributed by atoms with van der Waals surface area (Å²) in [5.41, 5.74) is 13.3. The summed E-state index contributed by atoms with van der Waals surface area (Å²) in [6, 6.07) is 51.7. The molecule has 0 fully saturated rings. The highest BCUT2D eigenvalue weighted by molar-refractivity contribution is 6.06. The lowest BCUT2D eigenvalue weighted by Gasteiger charge is -2.16. The standard InChI is InChI=1S/C46H30N6/c1-2-12-39-37(34-28-45(42-15-5-9-23-49-42)52-46(29-34)43-16-6-10-24-50-43)19-18-36(38(39)11-1)33-25-32(26-35(27-33)40-13-3-7-21-47-40)31-17-20-44(51-30-31)41-14-4-8-22-48-41/h1-30H. The van der Waals surface area contributed by atoms with Gasteiger partial charge in [-0.25, -0.2) is 4.98 Å². The first-order chi connectivity index (χ1) is 25.8. The topological polar surface area (TPSA) is 77.3 Å². The molecule has 6 nitrogen and oxygen atoms in total. The van der Waals surface area contributed by atoms with Crippen molar-refractivity contribution in [3.63, 3.8) is 0 Å². The van der Waals surface area contributed by atoms with Gasteiger partial charge in [0.25, 0.3) is 0 Å². The van der Waals surface area contributed by atoms with E-state index in [4.69, 9.17) is 15.0 Å². The van der Waals surface area contributed by atoms with Gasteiger partial charge in [-0.15, -0.1) is 0 Å². The van der Waals surface area contributed by atoms with Gasteiger partial charge in [0, 0.05) is 42.1 Å². The maximum absolute atomic E-state index is 5.00. The molecule has 0 saturated carbocycles. The molecule has 9 aromatic rings. The van der Waals surface area contributed by atoms with Crippen LogP contribution in [0.25, 0.3) is 89.6 Å². The van der Waals surface area contributed by atoms with Crippen molar-refractivity contribution in [2.75, 3.05) is 0 Å². The Balaban J connectivity index is 1.20. The fourth-order valence-electron chi connectivity index (χ4n) is 6.64. The summed E-state index contributed by atoms with van der Waals surface area (Å²) in [7, 11) is 0. The maximum atomic E-state index is 5.00. The van der Waals surface area contributed by atoms with Gasteiger partial charge in [0.05, 0.1) is 39.9 Å². The zero-order valence-electron chi connectivity index (χ0n) is 28.0. The molecule has 3 aromatic carbocycles. The van der Waals surface area contributed by atoms with Crippen molar-refractivity contribution < 1.29 is 0 Å². The van der Waals surface area contributed by atoms with Gasteiger partial charge in [0.2, 0.25) is 0 Å². The molecule has 6 aromatic heterocycles. The fourth-order valence-corrected chi connectivity index (χ4v) is 6.64. The van der Waals surface area contributed by atoms with Crippen molar-refractivity contribution in [3.8, 4) is 78.8 Å². The van der Waals surface area contributed by atoms with Crippen molar-refractivity contribution in [1.29, 1.82) is 0 Å². The number of hydrogen-bond donors (Lipinski definition) is 0. The summed E-state index contributed by atoms with van der Waals surface area (Å²) in [5, 5.41) is 2.28. The van der Waals surface area contributed by atoms with Crippen LogP contribution in [0.4, 0.5) is 0 Å². The highest BCUT2D eigenvalue weighted by Gasteiger charge is 2.16. The molecule has 0 bridgehead atoms. The predicted octanol–water partition coefficient (Wildman–Crippen LogP) is 10.9. The number of rotatable bonds is 7. The Morgan fingerprint density at radius 2 is 0.712 bits per heavy atom. The zero-order chi connectivity index (χ0) is 34.7. The summed E-state index contributed by atoms with van der Waals surface area (Å²) >= 11 is 0. The SMILES string of the molecule is c1ccc(-c2cc(-c3ccc(-c4ccccn4)nc3)cc(-c3ccc(-c4cc(-c5ccccn5)nc(-c5ccccn5)c4)c4ccccc34)c2)nc1. The Labute approximate surface area is 301 Å². The minimum absolute atomic E-state index is 0.794. The lowest BCUT2D eigenvalue weighted by atomic mass is 9.89. The van der Waals surface area contributed by atoms with Crippen molar-refractivity contribution >= 4 is 10.8 Å². The van der Waals surface area contributed by atoms with Crippen LogP contribution in [0.2, 0.25) is 0 Å². The molecule has 52 heavy (non-hydrogen) atoms. The average Bonchev–Trinajstić information content (AvgIpc) is 3.24. The molecule has 0 aliphatic heterocycles. The van der Waals surface area contributed by atoms with E-state index in [1.807, 2.05) is 91.3 Å². The quantitative estimate of drug-likeness (QED) is 0.168. The molecule has 6 heteroatoms. The Morgan fingerprint density at radius 1 is 0.269 bits per heavy atom. The molecule has 0 spiro atoms. The van der Waals surface area contributed by atoms with E-state index < -0.39 is 0 Å². The number of pyridine rings is 6. The number of nitrogens with zero attached hydrogens (tertiary/aromatic N) is 6. The Hall–Kier alpha value is -7.18. The van der Waals surface area contributed by atoms with Gasteiger partial charge in [-0.3, -0.25) is 24.9 Å². The summed E-state index contributed by atoms with van der Waals surface area (Å²) in [6.07, 6.45) is 9.15. The largest absolute Gasteiger partial charge is 0.256 e. The van der Waals surface area contributed by atoms with Crippen LogP contribution in [0.1, 0.15) is 0 Å². The van der Waals surface area contributed by atoms with Crippen LogP contribution in [0.15, 0.2) is 183 Å². The van der Waals surface area contributed by atoms with Crippen LogP contribution in [-0.4, -0.2) is 29.9 Å². The normalized spacial score (nSPS) is 11.1. The van der Waals surface area contributed by atoms with E-state index in [-0.39, 0.29) is 0 Å². The van der Waals surface area contributed by atoms with Crippen LogP contribution in [-0.2, 0) is 0 Å². The van der Waals surface area contributed by atoms with E-state index in [0.717, 1.165) is 89.6 Å². The summed E-state index contributed by atoms with van der Waals surface area (Å²) < 4.78 is 0. The van der Waals surface area contributed by atoms with E-state index in [1.54, 1.807) is 18.6 Å². The monoisotopic (exact) mass is 666 g/mol. The number of benzene rings is 3. The highest BCUT2D eigenvalue weighted by atomic mass is 14.8. The van der Waals surface area contributed by atoms with E-state index in [0.29, 0.717) is 0 Å². The third kappa shape index (κ3) is 6.10. The van der Waals surface area contributed by atoms with Gasteiger partial charge in [0.15, 0.2) is 0 Å². The first-order valence-electron chi connectivity index (χ1n) is 17.1. The Kier molecular flexibility index (Phi) is 8.08. The first-order valence-corrected chi connectivity index (χ1v) is 17.1. The minimum Gasteiger partial charge on any atom is -0.256 e.